The van der Waals surface area contributed by atoms with Crippen molar-refractivity contribution >= 4 is 11.9 Å². The second kappa shape index (κ2) is 11.0. The third-order valence-electron chi connectivity index (χ3n) is 2.70. The van der Waals surface area contributed by atoms with Gasteiger partial charge in [-0.15, -0.1) is 0 Å². The lowest BCUT2D eigenvalue weighted by molar-refractivity contribution is -0.137. The van der Waals surface area contributed by atoms with Gasteiger partial charge in [0.1, 0.15) is 0 Å². The number of nitrogens with one attached hydrogen (secondary N) is 1. The molecule has 0 aromatic heterocycles. The summed E-state index contributed by atoms with van der Waals surface area (Å²) in [6.07, 6.45) is 6.01. The molecule has 0 rings (SSSR count). The zero-order valence-corrected chi connectivity index (χ0v) is 11.3. The summed E-state index contributed by atoms with van der Waals surface area (Å²) in [6, 6.07) is 0.159. The molecule has 0 fully saturated rings. The molecule has 0 radical (unpaired) electrons. The third-order valence-corrected chi connectivity index (χ3v) is 2.70. The van der Waals surface area contributed by atoms with E-state index in [4.69, 9.17) is 10.8 Å². The Morgan fingerprint density at radius 2 is 1.78 bits per heavy atom. The molecule has 1 amide bonds. The average molecular weight is 258 g/mol. The standard InChI is InChI=1S/C13H26N2O3/c1-11(14)7-6-8-12(16)15-10-5-3-2-4-9-13(17)18/h11H,2-10,14H2,1H3,(H,15,16)(H,17,18). The van der Waals surface area contributed by atoms with E-state index < -0.39 is 5.97 Å². The molecule has 0 bridgehead atoms. The van der Waals surface area contributed by atoms with Crippen molar-refractivity contribution in [3.8, 4) is 0 Å². The molecule has 0 aliphatic heterocycles. The van der Waals surface area contributed by atoms with Crippen molar-refractivity contribution in [1.82, 2.24) is 5.32 Å². The quantitative estimate of drug-likeness (QED) is 0.491. The maximum Gasteiger partial charge on any atom is 0.303 e. The molecule has 0 saturated heterocycles. The van der Waals surface area contributed by atoms with Crippen LogP contribution in [0.5, 0.6) is 0 Å². The van der Waals surface area contributed by atoms with E-state index in [1.165, 1.54) is 0 Å². The second-order valence-electron chi connectivity index (χ2n) is 4.78. The van der Waals surface area contributed by atoms with Crippen LogP contribution in [-0.2, 0) is 9.59 Å². The highest BCUT2D eigenvalue weighted by molar-refractivity contribution is 5.75. The fourth-order valence-corrected chi connectivity index (χ4v) is 1.66. The average Bonchev–Trinajstić information content (AvgIpc) is 2.26. The largest absolute Gasteiger partial charge is 0.481 e. The Labute approximate surface area is 109 Å². The molecule has 18 heavy (non-hydrogen) atoms. The van der Waals surface area contributed by atoms with Crippen molar-refractivity contribution in [2.45, 2.75) is 64.3 Å². The number of carboxylic acid groups (broad SMARTS) is 1. The number of amides is 1. The monoisotopic (exact) mass is 258 g/mol. The van der Waals surface area contributed by atoms with E-state index in [0.717, 1.165) is 38.5 Å². The van der Waals surface area contributed by atoms with Crippen molar-refractivity contribution in [2.75, 3.05) is 6.54 Å². The van der Waals surface area contributed by atoms with E-state index in [1.807, 2.05) is 6.92 Å². The van der Waals surface area contributed by atoms with Crippen molar-refractivity contribution in [2.24, 2.45) is 5.73 Å². The Morgan fingerprint density at radius 1 is 1.11 bits per heavy atom. The molecule has 0 heterocycles. The van der Waals surface area contributed by atoms with E-state index in [-0.39, 0.29) is 18.4 Å². The predicted octanol–water partition coefficient (Wildman–Crippen LogP) is 1.66. The van der Waals surface area contributed by atoms with Crippen LogP contribution in [0.4, 0.5) is 0 Å². The zero-order chi connectivity index (χ0) is 13.8. The van der Waals surface area contributed by atoms with E-state index in [2.05, 4.69) is 5.32 Å². The smallest absolute Gasteiger partial charge is 0.303 e. The molecule has 0 aromatic carbocycles. The van der Waals surface area contributed by atoms with Crippen molar-refractivity contribution in [1.29, 1.82) is 0 Å². The van der Waals surface area contributed by atoms with Gasteiger partial charge in [0.25, 0.3) is 0 Å². The normalized spacial score (nSPS) is 12.1. The molecule has 5 nitrogen and oxygen atoms in total. The lowest BCUT2D eigenvalue weighted by Crippen LogP contribution is -2.24. The molecule has 106 valence electrons. The van der Waals surface area contributed by atoms with Crippen LogP contribution in [0, 0.1) is 0 Å². The van der Waals surface area contributed by atoms with Crippen LogP contribution in [0.2, 0.25) is 0 Å². The van der Waals surface area contributed by atoms with Crippen LogP contribution >= 0.6 is 0 Å². The number of carbonyl (C=O) groups excluding carboxylic acids is 1. The summed E-state index contributed by atoms with van der Waals surface area (Å²) in [6.45, 7) is 2.62. The fraction of sp³-hybridized carbons (Fsp3) is 0.846. The van der Waals surface area contributed by atoms with Gasteiger partial charge in [0.05, 0.1) is 0 Å². The second-order valence-corrected chi connectivity index (χ2v) is 4.78. The zero-order valence-electron chi connectivity index (χ0n) is 11.3. The number of nitrogens with two attached hydrogens (primary N) is 1. The number of hydrogen-bond donors (Lipinski definition) is 3. The summed E-state index contributed by atoms with van der Waals surface area (Å²) in [7, 11) is 0. The molecular weight excluding hydrogens is 232 g/mol. The number of aliphatic carboxylic acids is 1. The number of rotatable bonds is 11. The van der Waals surface area contributed by atoms with E-state index in [0.29, 0.717) is 13.0 Å². The molecule has 5 heteroatoms. The predicted molar refractivity (Wildman–Crippen MR) is 71.2 cm³/mol. The fourth-order valence-electron chi connectivity index (χ4n) is 1.66. The molecule has 0 spiro atoms. The summed E-state index contributed by atoms with van der Waals surface area (Å²) in [4.78, 5) is 21.6. The molecule has 1 atom stereocenters. The Balaban J connectivity index is 3.22. The third kappa shape index (κ3) is 13.0. The van der Waals surface area contributed by atoms with Crippen LogP contribution in [0.25, 0.3) is 0 Å². The van der Waals surface area contributed by atoms with Crippen molar-refractivity contribution in [3.63, 3.8) is 0 Å². The first kappa shape index (κ1) is 16.9. The molecule has 0 saturated carbocycles. The van der Waals surface area contributed by atoms with Gasteiger partial charge in [0.15, 0.2) is 0 Å². The first-order valence-electron chi connectivity index (χ1n) is 6.76. The molecular formula is C13H26N2O3. The van der Waals surface area contributed by atoms with Crippen LogP contribution in [0.1, 0.15) is 58.3 Å². The lowest BCUT2D eigenvalue weighted by Gasteiger charge is -2.06. The Morgan fingerprint density at radius 3 is 2.39 bits per heavy atom. The Bertz CT molecular complexity index is 242. The highest BCUT2D eigenvalue weighted by Gasteiger charge is 2.02. The van der Waals surface area contributed by atoms with Gasteiger partial charge in [0, 0.05) is 25.4 Å². The first-order chi connectivity index (χ1) is 8.52. The molecule has 0 aromatic rings. The van der Waals surface area contributed by atoms with E-state index >= 15 is 0 Å². The minimum absolute atomic E-state index is 0.0844. The van der Waals surface area contributed by atoms with Gasteiger partial charge in [0.2, 0.25) is 5.91 Å². The number of carbonyl (C=O) groups is 2. The van der Waals surface area contributed by atoms with Gasteiger partial charge in [-0.1, -0.05) is 12.8 Å². The van der Waals surface area contributed by atoms with Gasteiger partial charge >= 0.3 is 5.97 Å². The molecule has 0 aliphatic carbocycles. The number of hydrogen-bond acceptors (Lipinski definition) is 3. The Kier molecular flexibility index (Phi) is 10.3. The summed E-state index contributed by atoms with van der Waals surface area (Å²) in [5.74, 6) is -0.654. The van der Waals surface area contributed by atoms with Gasteiger partial charge < -0.3 is 16.2 Å². The van der Waals surface area contributed by atoms with Crippen molar-refractivity contribution in [3.05, 3.63) is 0 Å². The van der Waals surface area contributed by atoms with Crippen LogP contribution < -0.4 is 11.1 Å². The highest BCUT2D eigenvalue weighted by Crippen LogP contribution is 2.02. The van der Waals surface area contributed by atoms with Gasteiger partial charge in [-0.25, -0.2) is 0 Å². The summed E-state index contributed by atoms with van der Waals surface area (Å²) >= 11 is 0. The maximum atomic E-state index is 11.4. The molecule has 0 aliphatic rings. The van der Waals surface area contributed by atoms with Crippen LogP contribution in [0.3, 0.4) is 0 Å². The molecule has 4 N–H and O–H groups in total. The van der Waals surface area contributed by atoms with Gasteiger partial charge in [-0.2, -0.15) is 0 Å². The van der Waals surface area contributed by atoms with Crippen LogP contribution in [-0.4, -0.2) is 29.6 Å². The van der Waals surface area contributed by atoms with Crippen molar-refractivity contribution < 1.29 is 14.7 Å². The minimum Gasteiger partial charge on any atom is -0.481 e. The van der Waals surface area contributed by atoms with Gasteiger partial charge in [-0.3, -0.25) is 9.59 Å². The SMILES string of the molecule is CC(N)CCCC(=O)NCCCCCCC(=O)O. The number of carboxylic acids is 1. The number of unbranched alkanes of at least 4 members (excludes halogenated alkanes) is 3. The first-order valence-corrected chi connectivity index (χ1v) is 6.76. The highest BCUT2D eigenvalue weighted by atomic mass is 16.4. The van der Waals surface area contributed by atoms with Gasteiger partial charge in [-0.05, 0) is 32.6 Å². The van der Waals surface area contributed by atoms with E-state index in [9.17, 15) is 9.59 Å². The topological polar surface area (TPSA) is 92.4 Å². The van der Waals surface area contributed by atoms with Crippen LogP contribution in [0.15, 0.2) is 0 Å². The van der Waals surface area contributed by atoms with E-state index in [1.54, 1.807) is 0 Å². The Hall–Kier alpha value is -1.10. The minimum atomic E-state index is -0.738. The maximum absolute atomic E-state index is 11.4. The molecule has 1 unspecified atom stereocenters. The lowest BCUT2D eigenvalue weighted by atomic mass is 10.1. The summed E-state index contributed by atoms with van der Waals surface area (Å²) in [5, 5.41) is 11.3. The summed E-state index contributed by atoms with van der Waals surface area (Å²) < 4.78 is 0. The summed E-state index contributed by atoms with van der Waals surface area (Å²) in [5.41, 5.74) is 5.59.